The summed E-state index contributed by atoms with van der Waals surface area (Å²) in [6.45, 7) is 7.16. The quantitative estimate of drug-likeness (QED) is 0.698. The number of aliphatic hydroxyl groups is 1. The third-order valence-corrected chi connectivity index (χ3v) is 3.08. The minimum atomic E-state index is 0.180. The Kier molecular flexibility index (Phi) is 3.53. The van der Waals surface area contributed by atoms with E-state index in [1.165, 1.54) is 0 Å². The number of hydrogen-bond acceptors (Lipinski definition) is 2. The number of nitrogens with one attached hydrogen (secondary N) is 1. The van der Waals surface area contributed by atoms with Crippen molar-refractivity contribution < 1.29 is 9.90 Å². The summed E-state index contributed by atoms with van der Waals surface area (Å²) in [4.78, 5) is 11.6. The number of hydrogen-bond donors (Lipinski definition) is 2. The van der Waals surface area contributed by atoms with E-state index in [1.54, 1.807) is 0 Å². The van der Waals surface area contributed by atoms with Crippen LogP contribution in [0.3, 0.4) is 0 Å². The summed E-state index contributed by atoms with van der Waals surface area (Å²) in [5, 5.41) is 11.6. The van der Waals surface area contributed by atoms with Crippen LogP contribution in [0.15, 0.2) is 0 Å². The van der Waals surface area contributed by atoms with Crippen LogP contribution in [0, 0.1) is 17.3 Å². The number of carbonyl (C=O) groups is 1. The molecule has 0 aliphatic heterocycles. The molecule has 1 fully saturated rings. The van der Waals surface area contributed by atoms with Gasteiger partial charge in [-0.3, -0.25) is 4.79 Å². The lowest BCUT2D eigenvalue weighted by molar-refractivity contribution is -0.123. The van der Waals surface area contributed by atoms with Crippen LogP contribution < -0.4 is 5.32 Å². The molecule has 0 aromatic carbocycles. The van der Waals surface area contributed by atoms with Gasteiger partial charge >= 0.3 is 0 Å². The molecule has 82 valence electrons. The van der Waals surface area contributed by atoms with Crippen molar-refractivity contribution in [1.29, 1.82) is 0 Å². The van der Waals surface area contributed by atoms with E-state index in [0.29, 0.717) is 12.5 Å². The maximum atomic E-state index is 11.6. The Balaban J connectivity index is 2.16. The van der Waals surface area contributed by atoms with Crippen LogP contribution in [-0.4, -0.2) is 24.2 Å². The summed E-state index contributed by atoms with van der Waals surface area (Å²) in [5.74, 6) is 0.759. The minimum Gasteiger partial charge on any atom is -0.396 e. The fraction of sp³-hybridized carbons (Fsp3) is 0.909. The number of amides is 1. The van der Waals surface area contributed by atoms with Gasteiger partial charge in [-0.15, -0.1) is 0 Å². The highest BCUT2D eigenvalue weighted by atomic mass is 16.3. The topological polar surface area (TPSA) is 49.3 Å². The van der Waals surface area contributed by atoms with Crippen LogP contribution in [0.1, 0.15) is 33.6 Å². The second-order valence-corrected chi connectivity index (χ2v) is 5.11. The Labute approximate surface area is 85.9 Å². The van der Waals surface area contributed by atoms with Crippen molar-refractivity contribution in [2.24, 2.45) is 17.3 Å². The predicted molar refractivity (Wildman–Crippen MR) is 55.8 cm³/mol. The van der Waals surface area contributed by atoms with Gasteiger partial charge in [-0.1, -0.05) is 20.8 Å². The first-order chi connectivity index (χ1) is 6.47. The smallest absolute Gasteiger partial charge is 0.223 e. The third-order valence-electron chi connectivity index (χ3n) is 3.08. The third kappa shape index (κ3) is 2.98. The Hall–Kier alpha value is -0.570. The van der Waals surface area contributed by atoms with Gasteiger partial charge < -0.3 is 10.4 Å². The zero-order valence-electron chi connectivity index (χ0n) is 9.34. The van der Waals surface area contributed by atoms with E-state index in [2.05, 4.69) is 19.2 Å². The molecule has 3 heteroatoms. The van der Waals surface area contributed by atoms with Crippen molar-refractivity contribution in [3.63, 3.8) is 0 Å². The van der Waals surface area contributed by atoms with Crippen LogP contribution >= 0.6 is 0 Å². The van der Waals surface area contributed by atoms with Crippen LogP contribution in [-0.2, 0) is 4.79 Å². The van der Waals surface area contributed by atoms with E-state index >= 15 is 0 Å². The molecule has 0 saturated heterocycles. The lowest BCUT2D eigenvalue weighted by atomic mass is 10.1. The first-order valence-electron chi connectivity index (χ1n) is 5.36. The molecule has 0 radical (unpaired) electrons. The summed E-state index contributed by atoms with van der Waals surface area (Å²) in [6.07, 6.45) is 1.77. The molecule has 1 rings (SSSR count). The highest BCUT2D eigenvalue weighted by molar-refractivity contribution is 5.82. The van der Waals surface area contributed by atoms with E-state index in [0.717, 1.165) is 12.8 Å². The zero-order valence-corrected chi connectivity index (χ0v) is 9.34. The van der Waals surface area contributed by atoms with Gasteiger partial charge in [-0.25, -0.2) is 0 Å². The molecule has 3 nitrogen and oxygen atoms in total. The van der Waals surface area contributed by atoms with Gasteiger partial charge in [0, 0.05) is 19.1 Å². The minimum absolute atomic E-state index is 0.180. The standard InChI is InChI=1S/C11H21NO2/c1-8(4-5-13)7-12-10(14)9-6-11(9,2)3/h8-9,13H,4-7H2,1-3H3,(H,12,14). The van der Waals surface area contributed by atoms with Gasteiger partial charge in [0.15, 0.2) is 0 Å². The van der Waals surface area contributed by atoms with E-state index in [9.17, 15) is 4.79 Å². The van der Waals surface area contributed by atoms with Crippen molar-refractivity contribution in [1.82, 2.24) is 5.32 Å². The first-order valence-corrected chi connectivity index (χ1v) is 5.36. The van der Waals surface area contributed by atoms with Crippen LogP contribution in [0.2, 0.25) is 0 Å². The molecular weight excluding hydrogens is 178 g/mol. The van der Waals surface area contributed by atoms with Crippen LogP contribution in [0.5, 0.6) is 0 Å². The second kappa shape index (κ2) is 4.30. The molecule has 0 aromatic rings. The number of aliphatic hydroxyl groups excluding tert-OH is 1. The molecule has 1 aliphatic carbocycles. The fourth-order valence-electron chi connectivity index (χ4n) is 1.64. The van der Waals surface area contributed by atoms with Crippen molar-refractivity contribution in [3.8, 4) is 0 Å². The normalized spacial score (nSPS) is 25.6. The molecule has 2 atom stereocenters. The molecule has 1 amide bonds. The van der Waals surface area contributed by atoms with E-state index in [1.807, 2.05) is 6.92 Å². The van der Waals surface area contributed by atoms with Crippen LogP contribution in [0.4, 0.5) is 0 Å². The molecule has 2 N–H and O–H groups in total. The van der Waals surface area contributed by atoms with E-state index < -0.39 is 0 Å². The van der Waals surface area contributed by atoms with Gasteiger partial charge in [0.1, 0.15) is 0 Å². The van der Waals surface area contributed by atoms with Gasteiger partial charge in [-0.2, -0.15) is 0 Å². The first kappa shape index (κ1) is 11.5. The maximum Gasteiger partial charge on any atom is 0.223 e. The largest absolute Gasteiger partial charge is 0.396 e. The maximum absolute atomic E-state index is 11.6. The Bertz CT molecular complexity index is 213. The molecule has 2 unspecified atom stereocenters. The van der Waals surface area contributed by atoms with Crippen LogP contribution in [0.25, 0.3) is 0 Å². The Morgan fingerprint density at radius 3 is 2.64 bits per heavy atom. The Morgan fingerprint density at radius 2 is 2.21 bits per heavy atom. The second-order valence-electron chi connectivity index (χ2n) is 5.11. The molecule has 0 heterocycles. The van der Waals surface area contributed by atoms with Crippen molar-refractivity contribution in [2.45, 2.75) is 33.6 Å². The lowest BCUT2D eigenvalue weighted by Gasteiger charge is -2.11. The number of rotatable bonds is 5. The zero-order chi connectivity index (χ0) is 10.8. The van der Waals surface area contributed by atoms with Crippen molar-refractivity contribution in [2.75, 3.05) is 13.2 Å². The van der Waals surface area contributed by atoms with Gasteiger partial charge in [0.2, 0.25) is 5.91 Å². The summed E-state index contributed by atoms with van der Waals surface area (Å²) in [7, 11) is 0. The average molecular weight is 199 g/mol. The summed E-state index contributed by atoms with van der Waals surface area (Å²) < 4.78 is 0. The predicted octanol–water partition coefficient (Wildman–Crippen LogP) is 1.17. The highest BCUT2D eigenvalue weighted by Gasteiger charge is 2.50. The molecule has 0 spiro atoms. The summed E-state index contributed by atoms with van der Waals surface area (Å²) in [6, 6.07) is 0. The van der Waals surface area contributed by atoms with Gasteiger partial charge in [0.25, 0.3) is 0 Å². The molecule has 0 aromatic heterocycles. The van der Waals surface area contributed by atoms with E-state index in [-0.39, 0.29) is 23.8 Å². The van der Waals surface area contributed by atoms with E-state index in [4.69, 9.17) is 5.11 Å². The highest BCUT2D eigenvalue weighted by Crippen LogP contribution is 2.51. The molecule has 1 aliphatic rings. The monoisotopic (exact) mass is 199 g/mol. The molecule has 0 bridgehead atoms. The van der Waals surface area contributed by atoms with Crippen molar-refractivity contribution >= 4 is 5.91 Å². The molecule has 1 saturated carbocycles. The van der Waals surface area contributed by atoms with Gasteiger partial charge in [0.05, 0.1) is 0 Å². The SMILES string of the molecule is CC(CCO)CNC(=O)C1CC1(C)C. The summed E-state index contributed by atoms with van der Waals surface area (Å²) >= 11 is 0. The molecule has 14 heavy (non-hydrogen) atoms. The number of carbonyl (C=O) groups excluding carboxylic acids is 1. The van der Waals surface area contributed by atoms with Gasteiger partial charge in [-0.05, 0) is 24.2 Å². The molecular formula is C11H21NO2. The lowest BCUT2D eigenvalue weighted by Crippen LogP contribution is -2.30. The fourth-order valence-corrected chi connectivity index (χ4v) is 1.64. The Morgan fingerprint density at radius 1 is 1.64 bits per heavy atom. The van der Waals surface area contributed by atoms with Crippen molar-refractivity contribution in [3.05, 3.63) is 0 Å². The average Bonchev–Trinajstić information content (AvgIpc) is 2.72. The summed E-state index contributed by atoms with van der Waals surface area (Å²) in [5.41, 5.74) is 0.213.